The molecule has 0 unspecified atom stereocenters. The van der Waals surface area contributed by atoms with E-state index in [4.69, 9.17) is 9.15 Å². The summed E-state index contributed by atoms with van der Waals surface area (Å²) < 4.78 is 10.8. The van der Waals surface area contributed by atoms with Gasteiger partial charge in [0.2, 0.25) is 5.91 Å². The summed E-state index contributed by atoms with van der Waals surface area (Å²) >= 11 is 0. The molecule has 0 radical (unpaired) electrons. The van der Waals surface area contributed by atoms with Gasteiger partial charge < -0.3 is 14.5 Å². The SMILES string of the molecule is COc1ccccc1CNC(=O)CN(Cc1ccccc1)Cc1ccco1. The van der Waals surface area contributed by atoms with E-state index in [0.717, 1.165) is 22.6 Å². The van der Waals surface area contributed by atoms with Gasteiger partial charge in [0.15, 0.2) is 0 Å². The molecule has 0 atom stereocenters. The molecule has 1 aromatic heterocycles. The Kier molecular flexibility index (Phi) is 6.66. The van der Waals surface area contributed by atoms with Gasteiger partial charge in [-0.3, -0.25) is 9.69 Å². The van der Waals surface area contributed by atoms with E-state index in [1.807, 2.05) is 54.6 Å². The molecular weight excluding hydrogens is 340 g/mol. The van der Waals surface area contributed by atoms with Gasteiger partial charge in [-0.05, 0) is 23.8 Å². The predicted octanol–water partition coefficient (Wildman–Crippen LogP) is 3.61. The van der Waals surface area contributed by atoms with E-state index in [-0.39, 0.29) is 12.5 Å². The fraction of sp³-hybridized carbons (Fsp3) is 0.227. The molecule has 0 aliphatic heterocycles. The lowest BCUT2D eigenvalue weighted by Crippen LogP contribution is -2.36. The average molecular weight is 364 g/mol. The average Bonchev–Trinajstić information content (AvgIpc) is 3.20. The van der Waals surface area contributed by atoms with Gasteiger partial charge in [-0.25, -0.2) is 0 Å². The van der Waals surface area contributed by atoms with Crippen molar-refractivity contribution in [3.05, 3.63) is 89.9 Å². The fourth-order valence-electron chi connectivity index (χ4n) is 2.93. The van der Waals surface area contributed by atoms with Crippen molar-refractivity contribution in [2.24, 2.45) is 0 Å². The number of hydrogen-bond donors (Lipinski definition) is 1. The minimum atomic E-state index is -0.0385. The van der Waals surface area contributed by atoms with Gasteiger partial charge in [-0.15, -0.1) is 0 Å². The van der Waals surface area contributed by atoms with Crippen LogP contribution in [0.2, 0.25) is 0 Å². The number of amides is 1. The molecule has 3 rings (SSSR count). The topological polar surface area (TPSA) is 54.7 Å². The zero-order chi connectivity index (χ0) is 18.9. The van der Waals surface area contributed by atoms with Crippen molar-refractivity contribution in [3.8, 4) is 5.75 Å². The third-order valence-electron chi connectivity index (χ3n) is 4.24. The molecule has 27 heavy (non-hydrogen) atoms. The molecule has 1 N–H and O–H groups in total. The normalized spacial score (nSPS) is 10.7. The maximum absolute atomic E-state index is 12.5. The minimum absolute atomic E-state index is 0.0385. The zero-order valence-electron chi connectivity index (χ0n) is 15.4. The van der Waals surface area contributed by atoms with Crippen molar-refractivity contribution in [1.82, 2.24) is 10.2 Å². The number of furan rings is 1. The van der Waals surface area contributed by atoms with Crippen molar-refractivity contribution < 1.29 is 13.9 Å². The highest BCUT2D eigenvalue weighted by Crippen LogP contribution is 2.16. The summed E-state index contributed by atoms with van der Waals surface area (Å²) in [7, 11) is 1.63. The molecule has 1 heterocycles. The first kappa shape index (κ1) is 18.7. The number of carbonyl (C=O) groups excluding carboxylic acids is 1. The van der Waals surface area contributed by atoms with E-state index in [9.17, 15) is 4.79 Å². The smallest absolute Gasteiger partial charge is 0.234 e. The van der Waals surface area contributed by atoms with Gasteiger partial charge in [0, 0.05) is 18.7 Å². The van der Waals surface area contributed by atoms with Crippen molar-refractivity contribution in [3.63, 3.8) is 0 Å². The van der Waals surface area contributed by atoms with Gasteiger partial charge >= 0.3 is 0 Å². The molecule has 5 heteroatoms. The van der Waals surface area contributed by atoms with Crippen LogP contribution in [0.3, 0.4) is 0 Å². The quantitative estimate of drug-likeness (QED) is 0.630. The molecule has 1 amide bonds. The highest BCUT2D eigenvalue weighted by molar-refractivity contribution is 5.78. The number of nitrogens with one attached hydrogen (secondary N) is 1. The van der Waals surface area contributed by atoms with Crippen LogP contribution in [0, 0.1) is 0 Å². The largest absolute Gasteiger partial charge is 0.496 e. The van der Waals surface area contributed by atoms with Crippen LogP contribution in [0.4, 0.5) is 0 Å². The summed E-state index contributed by atoms with van der Waals surface area (Å²) in [6.07, 6.45) is 1.65. The molecule has 3 aromatic rings. The predicted molar refractivity (Wildman–Crippen MR) is 104 cm³/mol. The molecule has 0 bridgehead atoms. The third-order valence-corrected chi connectivity index (χ3v) is 4.24. The number of benzene rings is 2. The summed E-state index contributed by atoms with van der Waals surface area (Å²) in [5.74, 6) is 1.57. The van der Waals surface area contributed by atoms with Crippen molar-refractivity contribution in [2.45, 2.75) is 19.6 Å². The number of nitrogens with zero attached hydrogens (tertiary/aromatic N) is 1. The van der Waals surface area contributed by atoms with E-state index in [1.165, 1.54) is 0 Å². The summed E-state index contributed by atoms with van der Waals surface area (Å²) in [6, 6.07) is 21.6. The second-order valence-corrected chi connectivity index (χ2v) is 6.30. The number of rotatable bonds is 9. The Morgan fingerprint density at radius 1 is 1.00 bits per heavy atom. The monoisotopic (exact) mass is 364 g/mol. The van der Waals surface area contributed by atoms with Gasteiger partial charge in [0.1, 0.15) is 11.5 Å². The van der Waals surface area contributed by atoms with Crippen LogP contribution in [0.15, 0.2) is 77.4 Å². The Morgan fingerprint density at radius 3 is 2.52 bits per heavy atom. The molecule has 0 aliphatic rings. The van der Waals surface area contributed by atoms with Gasteiger partial charge in [-0.1, -0.05) is 48.5 Å². The first-order valence-corrected chi connectivity index (χ1v) is 8.92. The molecule has 0 saturated heterocycles. The number of para-hydroxylation sites is 1. The number of ether oxygens (including phenoxy) is 1. The molecule has 2 aromatic carbocycles. The summed E-state index contributed by atoms with van der Waals surface area (Å²) in [6.45, 7) is 1.96. The van der Waals surface area contributed by atoms with E-state index in [0.29, 0.717) is 19.6 Å². The molecule has 0 saturated carbocycles. The molecule has 0 aliphatic carbocycles. The van der Waals surface area contributed by atoms with E-state index in [2.05, 4.69) is 22.3 Å². The molecule has 0 fully saturated rings. The lowest BCUT2D eigenvalue weighted by atomic mass is 10.2. The fourth-order valence-corrected chi connectivity index (χ4v) is 2.93. The van der Waals surface area contributed by atoms with Crippen LogP contribution in [-0.4, -0.2) is 24.5 Å². The Labute approximate surface area is 159 Å². The first-order chi connectivity index (χ1) is 13.2. The van der Waals surface area contributed by atoms with Crippen molar-refractivity contribution in [2.75, 3.05) is 13.7 Å². The third kappa shape index (κ3) is 5.72. The maximum atomic E-state index is 12.5. The Morgan fingerprint density at radius 2 is 1.78 bits per heavy atom. The lowest BCUT2D eigenvalue weighted by Gasteiger charge is -2.21. The Hall–Kier alpha value is -3.05. The van der Waals surface area contributed by atoms with Crippen LogP contribution in [0.1, 0.15) is 16.9 Å². The van der Waals surface area contributed by atoms with E-state index >= 15 is 0 Å². The van der Waals surface area contributed by atoms with Gasteiger partial charge in [0.05, 0.1) is 26.5 Å². The van der Waals surface area contributed by atoms with Crippen LogP contribution in [0.5, 0.6) is 5.75 Å². The van der Waals surface area contributed by atoms with Crippen molar-refractivity contribution in [1.29, 1.82) is 0 Å². The van der Waals surface area contributed by atoms with Crippen molar-refractivity contribution >= 4 is 5.91 Å². The second-order valence-electron chi connectivity index (χ2n) is 6.30. The van der Waals surface area contributed by atoms with Crippen LogP contribution >= 0.6 is 0 Å². The first-order valence-electron chi connectivity index (χ1n) is 8.92. The highest BCUT2D eigenvalue weighted by atomic mass is 16.5. The maximum Gasteiger partial charge on any atom is 0.234 e. The summed E-state index contributed by atoms with van der Waals surface area (Å²) in [5, 5.41) is 2.98. The minimum Gasteiger partial charge on any atom is -0.496 e. The standard InChI is InChI=1S/C22H24N2O3/c1-26-21-12-6-5-10-19(21)14-23-22(25)17-24(16-20-11-7-13-27-20)15-18-8-3-2-4-9-18/h2-13H,14-17H2,1H3,(H,23,25). The van der Waals surface area contributed by atoms with Crippen LogP contribution in [0.25, 0.3) is 0 Å². The molecular formula is C22H24N2O3. The molecule has 0 spiro atoms. The van der Waals surface area contributed by atoms with Gasteiger partial charge in [0.25, 0.3) is 0 Å². The number of hydrogen-bond acceptors (Lipinski definition) is 4. The zero-order valence-corrected chi connectivity index (χ0v) is 15.4. The Bertz CT molecular complexity index is 832. The number of carbonyl (C=O) groups is 1. The second kappa shape index (κ2) is 9.59. The highest BCUT2D eigenvalue weighted by Gasteiger charge is 2.14. The van der Waals surface area contributed by atoms with Crippen LogP contribution < -0.4 is 10.1 Å². The summed E-state index contributed by atoms with van der Waals surface area (Å²) in [5.41, 5.74) is 2.11. The number of methoxy groups -OCH3 is 1. The summed E-state index contributed by atoms with van der Waals surface area (Å²) in [4.78, 5) is 14.6. The molecule has 5 nitrogen and oxygen atoms in total. The Balaban J connectivity index is 1.61. The van der Waals surface area contributed by atoms with E-state index < -0.39 is 0 Å². The lowest BCUT2D eigenvalue weighted by molar-refractivity contribution is -0.122. The van der Waals surface area contributed by atoms with Gasteiger partial charge in [-0.2, -0.15) is 0 Å². The molecule has 140 valence electrons. The van der Waals surface area contributed by atoms with Crippen LogP contribution in [-0.2, 0) is 24.4 Å². The van der Waals surface area contributed by atoms with E-state index in [1.54, 1.807) is 13.4 Å².